The minimum Gasteiger partial charge on any atom is -0.378 e. The van der Waals surface area contributed by atoms with Crippen LogP contribution in [0.3, 0.4) is 0 Å². The Kier molecular flexibility index (Phi) is 2.46. The van der Waals surface area contributed by atoms with E-state index in [4.69, 9.17) is 5.73 Å². The molecule has 0 heterocycles. The summed E-state index contributed by atoms with van der Waals surface area (Å²) in [4.78, 5) is 2.14. The number of fused-ring (bicyclic) bond motifs is 1. The second kappa shape index (κ2) is 3.62. The standard InChI is InChI=1S/C12H18N2/c1-14(2)10-6-7-11-9(8-10)4-3-5-12(11)13/h6-8,12H,3-5,13H2,1-2H3/t12-/m0/s1. The lowest BCUT2D eigenvalue weighted by molar-refractivity contribution is 0.570. The molecule has 0 aromatic heterocycles. The number of hydrogen-bond acceptors (Lipinski definition) is 2. The van der Waals surface area contributed by atoms with E-state index in [0.29, 0.717) is 0 Å². The van der Waals surface area contributed by atoms with E-state index in [1.54, 1.807) is 0 Å². The molecule has 2 rings (SSSR count). The first-order valence-corrected chi connectivity index (χ1v) is 5.24. The molecule has 2 N–H and O–H groups in total. The van der Waals surface area contributed by atoms with Crippen LogP contribution < -0.4 is 10.6 Å². The first-order chi connectivity index (χ1) is 6.68. The van der Waals surface area contributed by atoms with Gasteiger partial charge in [0.2, 0.25) is 0 Å². The van der Waals surface area contributed by atoms with Crippen molar-refractivity contribution in [3.8, 4) is 0 Å². The summed E-state index contributed by atoms with van der Waals surface area (Å²) in [6.07, 6.45) is 3.55. The molecule has 0 unspecified atom stereocenters. The average Bonchev–Trinajstić information content (AvgIpc) is 2.17. The van der Waals surface area contributed by atoms with E-state index in [9.17, 15) is 0 Å². The number of nitrogens with two attached hydrogens (primary N) is 1. The van der Waals surface area contributed by atoms with Gasteiger partial charge in [0.15, 0.2) is 0 Å². The van der Waals surface area contributed by atoms with Crippen LogP contribution in [0, 0.1) is 0 Å². The Balaban J connectivity index is 2.39. The van der Waals surface area contributed by atoms with Crippen LogP contribution >= 0.6 is 0 Å². The van der Waals surface area contributed by atoms with E-state index in [1.807, 2.05) is 0 Å². The fourth-order valence-electron chi connectivity index (χ4n) is 2.12. The molecule has 0 radical (unpaired) electrons. The summed E-state index contributed by atoms with van der Waals surface area (Å²) in [5, 5.41) is 0. The van der Waals surface area contributed by atoms with E-state index in [1.165, 1.54) is 29.7 Å². The van der Waals surface area contributed by atoms with Gasteiger partial charge in [-0.05, 0) is 42.5 Å². The van der Waals surface area contributed by atoms with Crippen molar-refractivity contribution in [3.63, 3.8) is 0 Å². The second-order valence-corrected chi connectivity index (χ2v) is 4.28. The van der Waals surface area contributed by atoms with E-state index >= 15 is 0 Å². The van der Waals surface area contributed by atoms with Crippen molar-refractivity contribution in [1.29, 1.82) is 0 Å². The first-order valence-electron chi connectivity index (χ1n) is 5.24. The number of hydrogen-bond donors (Lipinski definition) is 1. The van der Waals surface area contributed by atoms with Crippen molar-refractivity contribution >= 4 is 5.69 Å². The Hall–Kier alpha value is -1.02. The lowest BCUT2D eigenvalue weighted by Crippen LogP contribution is -2.18. The van der Waals surface area contributed by atoms with Crippen LogP contribution in [0.5, 0.6) is 0 Å². The highest BCUT2D eigenvalue weighted by atomic mass is 15.1. The summed E-state index contributed by atoms with van der Waals surface area (Å²) in [5.74, 6) is 0. The molecule has 0 spiro atoms. The highest BCUT2D eigenvalue weighted by molar-refractivity contribution is 5.51. The lowest BCUT2D eigenvalue weighted by atomic mass is 9.88. The molecule has 1 aliphatic rings. The average molecular weight is 190 g/mol. The van der Waals surface area contributed by atoms with Crippen molar-refractivity contribution in [2.75, 3.05) is 19.0 Å². The third-order valence-corrected chi connectivity index (χ3v) is 3.00. The summed E-state index contributed by atoms with van der Waals surface area (Å²) < 4.78 is 0. The molecular formula is C12H18N2. The Bertz CT molecular complexity index is 331. The fraction of sp³-hybridized carbons (Fsp3) is 0.500. The minimum absolute atomic E-state index is 0.259. The monoisotopic (exact) mass is 190 g/mol. The molecule has 1 atom stereocenters. The molecule has 1 aliphatic carbocycles. The summed E-state index contributed by atoms with van der Waals surface area (Å²) in [7, 11) is 4.15. The SMILES string of the molecule is CN(C)c1ccc2c(c1)CCC[C@@H]2N. The maximum absolute atomic E-state index is 6.06. The predicted octanol–water partition coefficient (Wildman–Crippen LogP) is 2.09. The highest BCUT2D eigenvalue weighted by Crippen LogP contribution is 2.30. The molecule has 0 aliphatic heterocycles. The number of aryl methyl sites for hydroxylation is 1. The smallest absolute Gasteiger partial charge is 0.0363 e. The summed E-state index contributed by atoms with van der Waals surface area (Å²) in [6.45, 7) is 0. The van der Waals surface area contributed by atoms with Crippen LogP contribution in [0.25, 0.3) is 0 Å². The van der Waals surface area contributed by atoms with Crippen molar-refractivity contribution < 1.29 is 0 Å². The van der Waals surface area contributed by atoms with Gasteiger partial charge in [-0.15, -0.1) is 0 Å². The van der Waals surface area contributed by atoms with Crippen molar-refractivity contribution in [3.05, 3.63) is 29.3 Å². The van der Waals surface area contributed by atoms with Gasteiger partial charge in [0, 0.05) is 25.8 Å². The van der Waals surface area contributed by atoms with E-state index in [-0.39, 0.29) is 6.04 Å². The number of anilines is 1. The Labute approximate surface area is 85.7 Å². The van der Waals surface area contributed by atoms with Gasteiger partial charge in [-0.3, -0.25) is 0 Å². The van der Waals surface area contributed by atoms with Crippen LogP contribution in [0.2, 0.25) is 0 Å². The van der Waals surface area contributed by atoms with E-state index in [2.05, 4.69) is 37.2 Å². The van der Waals surface area contributed by atoms with Gasteiger partial charge in [-0.25, -0.2) is 0 Å². The van der Waals surface area contributed by atoms with Gasteiger partial charge in [0.05, 0.1) is 0 Å². The van der Waals surface area contributed by atoms with Gasteiger partial charge in [-0.2, -0.15) is 0 Å². The zero-order valence-electron chi connectivity index (χ0n) is 8.96. The zero-order chi connectivity index (χ0) is 10.1. The fourth-order valence-corrected chi connectivity index (χ4v) is 2.12. The van der Waals surface area contributed by atoms with Crippen LogP contribution in [0.15, 0.2) is 18.2 Å². The number of nitrogens with zero attached hydrogens (tertiary/aromatic N) is 1. The van der Waals surface area contributed by atoms with Crippen LogP contribution in [-0.4, -0.2) is 14.1 Å². The molecule has 1 aromatic carbocycles. The summed E-state index contributed by atoms with van der Waals surface area (Å²) >= 11 is 0. The Morgan fingerprint density at radius 1 is 1.36 bits per heavy atom. The number of rotatable bonds is 1. The van der Waals surface area contributed by atoms with Gasteiger partial charge in [0.25, 0.3) is 0 Å². The zero-order valence-corrected chi connectivity index (χ0v) is 8.96. The molecule has 0 saturated carbocycles. The minimum atomic E-state index is 0.259. The molecule has 2 nitrogen and oxygen atoms in total. The normalized spacial score (nSPS) is 20.4. The molecule has 2 heteroatoms. The lowest BCUT2D eigenvalue weighted by Gasteiger charge is -2.24. The van der Waals surface area contributed by atoms with Gasteiger partial charge < -0.3 is 10.6 Å². The molecule has 0 saturated heterocycles. The summed E-state index contributed by atoms with van der Waals surface area (Å²) in [5.41, 5.74) is 10.1. The van der Waals surface area contributed by atoms with Crippen LogP contribution in [0.4, 0.5) is 5.69 Å². The van der Waals surface area contributed by atoms with Crippen LogP contribution in [0.1, 0.15) is 30.0 Å². The van der Waals surface area contributed by atoms with E-state index in [0.717, 1.165) is 6.42 Å². The molecule has 0 bridgehead atoms. The quantitative estimate of drug-likeness (QED) is 0.734. The van der Waals surface area contributed by atoms with Gasteiger partial charge in [-0.1, -0.05) is 6.07 Å². The van der Waals surface area contributed by atoms with Crippen molar-refractivity contribution in [2.45, 2.75) is 25.3 Å². The third-order valence-electron chi connectivity index (χ3n) is 3.00. The number of benzene rings is 1. The Morgan fingerprint density at radius 2 is 2.14 bits per heavy atom. The van der Waals surface area contributed by atoms with Gasteiger partial charge in [0.1, 0.15) is 0 Å². The molecule has 0 fully saturated rings. The molecule has 14 heavy (non-hydrogen) atoms. The van der Waals surface area contributed by atoms with E-state index < -0.39 is 0 Å². The van der Waals surface area contributed by atoms with Crippen LogP contribution in [-0.2, 0) is 6.42 Å². The molecular weight excluding hydrogens is 172 g/mol. The second-order valence-electron chi connectivity index (χ2n) is 4.28. The molecule has 76 valence electrons. The maximum Gasteiger partial charge on any atom is 0.0363 e. The maximum atomic E-state index is 6.06. The van der Waals surface area contributed by atoms with Gasteiger partial charge >= 0.3 is 0 Å². The van der Waals surface area contributed by atoms with Crippen molar-refractivity contribution in [1.82, 2.24) is 0 Å². The van der Waals surface area contributed by atoms with Crippen molar-refractivity contribution in [2.24, 2.45) is 5.73 Å². The Morgan fingerprint density at radius 3 is 2.86 bits per heavy atom. The predicted molar refractivity (Wildman–Crippen MR) is 60.6 cm³/mol. The largest absolute Gasteiger partial charge is 0.378 e. The molecule has 1 aromatic rings. The first kappa shape index (κ1) is 9.53. The summed E-state index contributed by atoms with van der Waals surface area (Å²) in [6, 6.07) is 6.88. The molecule has 0 amide bonds. The third kappa shape index (κ3) is 1.62. The highest BCUT2D eigenvalue weighted by Gasteiger charge is 2.16. The topological polar surface area (TPSA) is 29.3 Å².